The number of rotatable bonds is 3. The van der Waals surface area contributed by atoms with E-state index in [2.05, 4.69) is 42.7 Å². The number of anilines is 1. The Bertz CT molecular complexity index is 776. The zero-order chi connectivity index (χ0) is 17.1. The molecule has 0 bridgehead atoms. The van der Waals surface area contributed by atoms with Crippen LogP contribution in [0.4, 0.5) is 5.69 Å². The number of benzene rings is 2. The lowest BCUT2D eigenvalue weighted by Crippen LogP contribution is -2.31. The summed E-state index contributed by atoms with van der Waals surface area (Å²) in [7, 11) is 0. The maximum absolute atomic E-state index is 8.91. The molecule has 1 aliphatic rings. The third-order valence-corrected chi connectivity index (χ3v) is 4.96. The van der Waals surface area contributed by atoms with Crippen molar-refractivity contribution < 1.29 is 0 Å². The van der Waals surface area contributed by atoms with Crippen LogP contribution in [0.3, 0.4) is 0 Å². The predicted octanol–water partition coefficient (Wildman–Crippen LogP) is 4.30. The van der Waals surface area contributed by atoms with Crippen LogP contribution in [0.25, 0.3) is 5.70 Å². The highest BCUT2D eigenvalue weighted by molar-refractivity contribution is 5.68. The molecule has 3 heteroatoms. The molecule has 0 saturated carbocycles. The molecule has 1 heterocycles. The summed E-state index contributed by atoms with van der Waals surface area (Å²) in [6, 6.07) is 16.2. The summed E-state index contributed by atoms with van der Waals surface area (Å²) in [6.45, 7) is 8.40. The van der Waals surface area contributed by atoms with Gasteiger partial charge < -0.3 is 10.6 Å². The minimum absolute atomic E-state index is 0.559. The van der Waals surface area contributed by atoms with Gasteiger partial charge in [-0.2, -0.15) is 5.26 Å². The molecule has 24 heavy (non-hydrogen) atoms. The molecule has 2 aromatic rings. The fourth-order valence-electron chi connectivity index (χ4n) is 3.43. The number of hydrogen-bond acceptors (Lipinski definition) is 3. The van der Waals surface area contributed by atoms with Crippen molar-refractivity contribution in [2.24, 2.45) is 0 Å². The van der Waals surface area contributed by atoms with Gasteiger partial charge in [-0.3, -0.25) is 0 Å². The van der Waals surface area contributed by atoms with Gasteiger partial charge in [0, 0.05) is 30.0 Å². The van der Waals surface area contributed by atoms with Crippen LogP contribution in [0, 0.1) is 18.3 Å². The number of likely N-dealkylation sites (tertiary alicyclic amines) is 1. The molecule has 0 radical (unpaired) electrons. The van der Waals surface area contributed by atoms with Crippen LogP contribution in [0.5, 0.6) is 0 Å². The van der Waals surface area contributed by atoms with Crippen LogP contribution in [0.1, 0.15) is 41.0 Å². The minimum atomic E-state index is 0.559. The van der Waals surface area contributed by atoms with Crippen LogP contribution in [0.2, 0.25) is 0 Å². The van der Waals surface area contributed by atoms with E-state index in [0.29, 0.717) is 5.92 Å². The monoisotopic (exact) mass is 317 g/mol. The summed E-state index contributed by atoms with van der Waals surface area (Å²) in [5.74, 6) is 0.559. The van der Waals surface area contributed by atoms with Gasteiger partial charge in [-0.05, 0) is 61.1 Å². The van der Waals surface area contributed by atoms with Crippen molar-refractivity contribution in [3.63, 3.8) is 0 Å². The highest BCUT2D eigenvalue weighted by Crippen LogP contribution is 2.32. The second-order valence-corrected chi connectivity index (χ2v) is 6.52. The molecule has 3 nitrogen and oxygen atoms in total. The van der Waals surface area contributed by atoms with E-state index in [4.69, 9.17) is 11.0 Å². The number of nitrogens with two attached hydrogens (primary N) is 1. The zero-order valence-corrected chi connectivity index (χ0v) is 14.1. The van der Waals surface area contributed by atoms with E-state index >= 15 is 0 Å². The number of nitrogens with zero attached hydrogens (tertiary/aromatic N) is 2. The number of nitrogen functional groups attached to an aromatic ring is 1. The molecular formula is C21H23N3. The lowest BCUT2D eigenvalue weighted by atomic mass is 9.88. The van der Waals surface area contributed by atoms with E-state index in [1.165, 1.54) is 11.1 Å². The molecule has 0 aromatic heterocycles. The largest absolute Gasteiger partial charge is 0.399 e. The molecule has 1 saturated heterocycles. The van der Waals surface area contributed by atoms with E-state index in [-0.39, 0.29) is 0 Å². The van der Waals surface area contributed by atoms with Crippen LogP contribution < -0.4 is 5.73 Å². The molecule has 0 spiro atoms. The molecule has 0 unspecified atom stereocenters. The average molecular weight is 317 g/mol. The summed E-state index contributed by atoms with van der Waals surface area (Å²) < 4.78 is 0. The molecule has 1 fully saturated rings. The highest BCUT2D eigenvalue weighted by atomic mass is 15.1. The average Bonchev–Trinajstić information content (AvgIpc) is 2.63. The van der Waals surface area contributed by atoms with E-state index in [1.54, 1.807) is 0 Å². The quantitative estimate of drug-likeness (QED) is 0.859. The summed E-state index contributed by atoms with van der Waals surface area (Å²) in [5, 5.41) is 8.91. The normalized spacial score (nSPS) is 15.1. The van der Waals surface area contributed by atoms with E-state index < -0.39 is 0 Å². The first-order valence-electron chi connectivity index (χ1n) is 8.39. The molecule has 0 amide bonds. The van der Waals surface area contributed by atoms with Crippen molar-refractivity contribution in [3.05, 3.63) is 71.3 Å². The number of nitriles is 1. The topological polar surface area (TPSA) is 53.0 Å². The lowest BCUT2D eigenvalue weighted by molar-refractivity contribution is 0.299. The summed E-state index contributed by atoms with van der Waals surface area (Å²) >= 11 is 0. The Morgan fingerprint density at radius 2 is 1.83 bits per heavy atom. The van der Waals surface area contributed by atoms with Gasteiger partial charge in [0.25, 0.3) is 0 Å². The molecule has 2 N–H and O–H groups in total. The van der Waals surface area contributed by atoms with Crippen molar-refractivity contribution in [3.8, 4) is 6.07 Å². The van der Waals surface area contributed by atoms with Crippen molar-refractivity contribution in [1.82, 2.24) is 4.90 Å². The highest BCUT2D eigenvalue weighted by Gasteiger charge is 2.22. The van der Waals surface area contributed by atoms with Crippen LogP contribution in [-0.2, 0) is 0 Å². The summed E-state index contributed by atoms with van der Waals surface area (Å²) in [5.41, 5.74) is 12.2. The first kappa shape index (κ1) is 16.1. The molecule has 0 aliphatic carbocycles. The molecule has 0 atom stereocenters. The fourth-order valence-corrected chi connectivity index (χ4v) is 3.43. The van der Waals surface area contributed by atoms with Gasteiger partial charge in [-0.1, -0.05) is 24.8 Å². The van der Waals surface area contributed by atoms with Crippen molar-refractivity contribution in [1.29, 1.82) is 5.26 Å². The predicted molar refractivity (Wildman–Crippen MR) is 99.3 cm³/mol. The second kappa shape index (κ2) is 6.80. The van der Waals surface area contributed by atoms with Gasteiger partial charge in [0.15, 0.2) is 0 Å². The van der Waals surface area contributed by atoms with Gasteiger partial charge in [-0.25, -0.2) is 0 Å². The number of piperidine rings is 1. The third-order valence-electron chi connectivity index (χ3n) is 4.96. The maximum atomic E-state index is 8.91. The van der Waals surface area contributed by atoms with E-state index in [9.17, 15) is 0 Å². The summed E-state index contributed by atoms with van der Waals surface area (Å²) in [4.78, 5) is 2.36. The first-order valence-corrected chi connectivity index (χ1v) is 8.39. The lowest BCUT2D eigenvalue weighted by Gasteiger charge is -2.35. The SMILES string of the molecule is C=C(c1cc(N)ccc1C)N1CCC(c2ccc(C#N)cc2)CC1. The van der Waals surface area contributed by atoms with Gasteiger partial charge in [0.1, 0.15) is 0 Å². The zero-order valence-electron chi connectivity index (χ0n) is 14.1. The molecular weight excluding hydrogens is 294 g/mol. The van der Waals surface area contributed by atoms with Gasteiger partial charge in [-0.15, -0.1) is 0 Å². The number of aryl methyl sites for hydroxylation is 1. The van der Waals surface area contributed by atoms with Crippen LogP contribution >= 0.6 is 0 Å². The second-order valence-electron chi connectivity index (χ2n) is 6.52. The van der Waals surface area contributed by atoms with Gasteiger partial charge in [0.05, 0.1) is 11.6 Å². The van der Waals surface area contributed by atoms with Crippen LogP contribution in [-0.4, -0.2) is 18.0 Å². The smallest absolute Gasteiger partial charge is 0.0991 e. The maximum Gasteiger partial charge on any atom is 0.0991 e. The van der Waals surface area contributed by atoms with Crippen molar-refractivity contribution in [2.75, 3.05) is 18.8 Å². The molecule has 1 aliphatic heterocycles. The van der Waals surface area contributed by atoms with Crippen LogP contribution in [0.15, 0.2) is 49.0 Å². The summed E-state index contributed by atoms with van der Waals surface area (Å²) in [6.07, 6.45) is 2.21. The Labute approximate surface area is 144 Å². The van der Waals surface area contributed by atoms with Crippen molar-refractivity contribution >= 4 is 11.4 Å². The Morgan fingerprint density at radius 1 is 1.17 bits per heavy atom. The molecule has 2 aromatic carbocycles. The molecule has 122 valence electrons. The van der Waals surface area contributed by atoms with Crippen molar-refractivity contribution in [2.45, 2.75) is 25.7 Å². The Morgan fingerprint density at radius 3 is 2.46 bits per heavy atom. The number of hydrogen-bond donors (Lipinski definition) is 1. The Hall–Kier alpha value is -2.73. The fraction of sp³-hybridized carbons (Fsp3) is 0.286. The van der Waals surface area contributed by atoms with E-state index in [1.807, 2.05) is 24.3 Å². The molecule has 3 rings (SSSR count). The third kappa shape index (κ3) is 3.28. The Kier molecular flexibility index (Phi) is 4.57. The van der Waals surface area contributed by atoms with Gasteiger partial charge >= 0.3 is 0 Å². The van der Waals surface area contributed by atoms with Gasteiger partial charge in [0.2, 0.25) is 0 Å². The standard InChI is InChI=1S/C21H23N3/c1-15-3-8-20(23)13-21(15)16(2)24-11-9-19(10-12-24)18-6-4-17(14-22)5-7-18/h3-8,13,19H,2,9-12,23H2,1H3. The Balaban J connectivity index is 1.67. The first-order chi connectivity index (χ1) is 11.6. The minimum Gasteiger partial charge on any atom is -0.399 e. The van der Waals surface area contributed by atoms with E-state index in [0.717, 1.165) is 48.4 Å².